The van der Waals surface area contributed by atoms with Crippen molar-refractivity contribution in [2.75, 3.05) is 63.0 Å². The highest BCUT2D eigenvalue weighted by atomic mass is 28.4. The lowest BCUT2D eigenvalue weighted by molar-refractivity contribution is -0.231. The van der Waals surface area contributed by atoms with E-state index in [1.54, 1.807) is 28.4 Å². The van der Waals surface area contributed by atoms with Crippen LogP contribution >= 0.6 is 0 Å². The predicted molar refractivity (Wildman–Crippen MR) is 550 cm³/mol. The van der Waals surface area contributed by atoms with E-state index >= 15 is 0 Å². The molecule has 0 aromatic rings. The number of aliphatic hydroxyl groups excluding tert-OH is 3. The van der Waals surface area contributed by atoms with E-state index in [1.807, 2.05) is 0 Å². The summed E-state index contributed by atoms with van der Waals surface area (Å²) in [7, 11) is 8.25. The van der Waals surface area contributed by atoms with Crippen LogP contribution in [0.1, 0.15) is 376 Å². The average Bonchev–Trinajstić information content (AvgIpc) is 1.70. The first-order chi connectivity index (χ1) is 64.8. The number of carboxylic acid groups (broad SMARTS) is 1. The normalized spacial score (nSPS) is 47.1. The molecule has 0 spiro atoms. The Morgan fingerprint density at radius 3 is 1.04 bits per heavy atom. The van der Waals surface area contributed by atoms with Gasteiger partial charge in [-0.1, -0.05) is 176 Å². The number of ether oxygens (including phenoxy) is 9. The molecule has 0 aromatic carbocycles. The number of esters is 2. The summed E-state index contributed by atoms with van der Waals surface area (Å²) in [4.78, 5) is 34.9. The highest BCUT2D eigenvalue weighted by Crippen LogP contribution is 2.77. The topological polar surface area (TPSA) is 224 Å². The van der Waals surface area contributed by atoms with Crippen molar-refractivity contribution in [1.29, 1.82) is 0 Å². The number of allylic oxidation sites excluding steroid dienone is 1. The maximum absolute atomic E-state index is 11.9. The smallest absolute Gasteiger partial charge is 0.334 e. The summed E-state index contributed by atoms with van der Waals surface area (Å²) >= 11 is 0. The van der Waals surface area contributed by atoms with E-state index in [2.05, 4.69) is 157 Å². The van der Waals surface area contributed by atoms with Crippen molar-refractivity contribution < 1.29 is 81.9 Å². The molecule has 12 unspecified atom stereocenters. The Morgan fingerprint density at radius 1 is 0.380 bits per heavy atom. The van der Waals surface area contributed by atoms with Crippen LogP contribution < -0.4 is 0 Å². The number of carboxylic acids is 1. The van der Waals surface area contributed by atoms with E-state index in [0.29, 0.717) is 185 Å². The minimum atomic E-state index is -1.68. The zero-order chi connectivity index (χ0) is 99.9. The number of carbonyl (C=O) groups excluding carboxylic acids is 2. The number of hydrogen-bond donors (Lipinski definition) is 4. The molecule has 16 rings (SSSR count). The molecule has 18 heteroatoms. The van der Waals surface area contributed by atoms with Crippen LogP contribution in [-0.2, 0) is 61.4 Å². The maximum atomic E-state index is 11.9. The lowest BCUT2D eigenvalue weighted by Crippen LogP contribution is -2.62. The van der Waals surface area contributed by atoms with Crippen molar-refractivity contribution in [3.05, 3.63) is 12.0 Å². The quantitative estimate of drug-likeness (QED) is 0.0219. The van der Waals surface area contributed by atoms with Gasteiger partial charge in [-0.05, 0) is 439 Å². The standard InChI is InChI=1S/C33H60O4Si.C30H52O5.C30H52O4.C26H44O4/c1-11-24-28-20-22(2)16-18-33(28,5)27-17-19-32(4)25(13-14-26(32)30(27)31(24)36-21-34-6)23(3)12-15-29(35-7)37-38(8,9)10;1-8-20-24-15-18(2)11-13-30(24,5)23-12-14-29(4)21(19(3)16-25(31)28(32)34-7)9-10-22(29)26(23)27(20)35-17-33-6;1-8-21-25-17-19(2)13-15-30(25,5)24-14-16-29(4)22(20(3)9-12-26(31)33-7)10-11-23(29)27(24)28(21)34-18-32-6;1-5-17-21-14-16(27)10-12-26(21,4)20-11-13-25(3)18(15(2)6-9-22(28)29)7-8-19(25)23(20)24(17)30/h15,22-28,30-31H,11-14,16-21H2,1-10H3;18-27,31H,8-17H2,1-7H3;19-25,27-28H,8-18H2,1-7H3;15-21,23-24,27,30H,5-14H2,1-4H3,(H,28,29)/t22-,23-,24-,25-,26?,27?,28+,30?,31-,32-,33-;18-,19-,20-,21-,22?,23?,24+,25-,26?,27-,29-,30-;19-,20-,21-,22-,23?,24?,25+,27?,28-,29-,30-;15-,16-,17-,18-,19?,20?,21+,23?,24-,25-,26-/m1111/s1. The van der Waals surface area contributed by atoms with E-state index in [0.717, 1.165) is 122 Å². The molecule has 16 aliphatic carbocycles. The van der Waals surface area contributed by atoms with E-state index < -0.39 is 26.4 Å². The van der Waals surface area contributed by atoms with Gasteiger partial charge in [-0.15, -0.1) is 0 Å². The molecule has 0 saturated heterocycles. The number of fused-ring (bicyclic) bond motifs is 20. The van der Waals surface area contributed by atoms with Crippen molar-refractivity contribution in [2.24, 2.45) is 227 Å². The molecule has 0 aliphatic heterocycles. The van der Waals surface area contributed by atoms with E-state index in [9.17, 15) is 29.7 Å². The molecule has 4 N–H and O–H groups in total. The number of hydrogen-bond acceptors (Lipinski definition) is 16. The lowest BCUT2D eigenvalue weighted by Gasteiger charge is -2.65. The monoisotopic (exact) mass is 1940 g/mol. The van der Waals surface area contributed by atoms with E-state index in [1.165, 1.54) is 194 Å². The molecule has 0 bridgehead atoms. The van der Waals surface area contributed by atoms with Gasteiger partial charge in [0.2, 0.25) is 8.32 Å². The molecule has 17 nitrogen and oxygen atoms in total. The average molecular weight is 1940 g/mol. The minimum absolute atomic E-state index is 0.0631. The zero-order valence-electron chi connectivity index (χ0n) is 92.5. The Hall–Kier alpha value is -2.39. The summed E-state index contributed by atoms with van der Waals surface area (Å²) in [5, 5.41) is 41.7. The third kappa shape index (κ3) is 21.6. The Morgan fingerprint density at radius 2 is 0.701 bits per heavy atom. The van der Waals surface area contributed by atoms with Crippen LogP contribution in [-0.4, -0.2) is 146 Å². The molecule has 0 aromatic heterocycles. The Labute approximate surface area is 836 Å². The SMILES string of the molecule is CC[C@H]1[C@@H](O)C2C3CC[C@H]([C@H](C)CCC(=O)O)[C@@]3(C)CCC2[C@@]2(C)CC[C@@H](O)C[C@@H]12.CC[C@H]1[C@@H](OCOC)C2C3CC[C@H]([C@H](C)CC=C(OC)O[Si](C)(C)C)[C@@]3(C)CCC2[C@@]2(C)CC[C@@H](C)C[C@@H]12.CC[C@H]1[C@@H](OCOC)C2C3CC[C@H]([C@H](C)CCC(=O)OC)[C@@]3(C)CCC2[C@@]2(C)CC[C@@H](C)C[C@@H]12.CC[C@H]1[C@@H](OCOC)C2C3CC[C@H]([C@H](C)C[C@@H](O)C(=O)OC)[C@@]3(C)CCC2[C@@]2(C)CC[C@@H](C)C[C@@H]12. The van der Waals surface area contributed by atoms with Crippen molar-refractivity contribution in [3.63, 3.8) is 0 Å². The molecule has 137 heavy (non-hydrogen) atoms. The van der Waals surface area contributed by atoms with Crippen LogP contribution in [0.4, 0.5) is 0 Å². The van der Waals surface area contributed by atoms with Gasteiger partial charge in [-0.3, -0.25) is 9.59 Å². The fourth-order valence-corrected chi connectivity index (χ4v) is 41.1. The van der Waals surface area contributed by atoms with Crippen molar-refractivity contribution in [1.82, 2.24) is 0 Å². The van der Waals surface area contributed by atoms with Crippen LogP contribution in [0.5, 0.6) is 0 Å². The van der Waals surface area contributed by atoms with Crippen molar-refractivity contribution in [3.8, 4) is 0 Å². The summed E-state index contributed by atoms with van der Waals surface area (Å²) in [6.45, 7) is 54.9. The molecule has 790 valence electrons. The number of carbonyl (C=O) groups is 3. The van der Waals surface area contributed by atoms with Gasteiger partial charge in [-0.2, -0.15) is 0 Å². The van der Waals surface area contributed by atoms with Gasteiger partial charge in [0.15, 0.2) is 6.10 Å². The summed E-state index contributed by atoms with van der Waals surface area (Å²) in [6.07, 6.45) is 46.3. The number of aliphatic carboxylic acids is 1. The lowest BCUT2D eigenvalue weighted by atomic mass is 9.41. The number of methoxy groups -OCH3 is 6. The first kappa shape index (κ1) is 112. The van der Waals surface area contributed by atoms with Crippen LogP contribution in [0.25, 0.3) is 0 Å². The Kier molecular flexibility index (Phi) is 37.3. The number of rotatable bonds is 31. The van der Waals surface area contributed by atoms with Gasteiger partial charge < -0.3 is 67.5 Å². The summed E-state index contributed by atoms with van der Waals surface area (Å²) in [6, 6.07) is 0. The van der Waals surface area contributed by atoms with Crippen molar-refractivity contribution in [2.45, 2.75) is 432 Å². The van der Waals surface area contributed by atoms with E-state index in [-0.39, 0.29) is 46.9 Å². The van der Waals surface area contributed by atoms with Gasteiger partial charge in [0, 0.05) is 34.2 Å². The molecule has 16 fully saturated rings. The first-order valence-electron chi connectivity index (χ1n) is 57.5. The van der Waals surface area contributed by atoms with Crippen LogP contribution in [0.15, 0.2) is 12.0 Å². The predicted octanol–water partition coefficient (Wildman–Crippen LogP) is 27.2. The molecule has 16 aliphatic rings. The summed E-state index contributed by atoms with van der Waals surface area (Å²) in [5.74, 6) is 19.2. The van der Waals surface area contributed by atoms with Gasteiger partial charge in [0.25, 0.3) is 5.95 Å². The summed E-state index contributed by atoms with van der Waals surface area (Å²) < 4.78 is 58.2. The van der Waals surface area contributed by atoms with Gasteiger partial charge in [0.05, 0.1) is 51.8 Å². The number of aliphatic hydroxyl groups is 3. The molecule has 0 amide bonds. The van der Waals surface area contributed by atoms with Gasteiger partial charge in [0.1, 0.15) is 20.4 Å². The highest BCUT2D eigenvalue weighted by Gasteiger charge is 2.71. The maximum Gasteiger partial charge on any atom is 0.334 e. The van der Waals surface area contributed by atoms with Crippen LogP contribution in [0, 0.1) is 227 Å². The summed E-state index contributed by atoms with van der Waals surface area (Å²) in [5.41, 5.74) is 2.80. The molecular formula is C119H208O17Si. The second kappa shape index (κ2) is 45.8. The molecular weight excluding hydrogens is 1730 g/mol. The second-order valence-corrected chi connectivity index (χ2v) is 58.3. The largest absolute Gasteiger partial charge is 0.520 e. The van der Waals surface area contributed by atoms with Gasteiger partial charge in [-0.25, -0.2) is 4.79 Å². The first-order valence-corrected chi connectivity index (χ1v) is 60.9. The molecule has 45 atom stereocenters. The van der Waals surface area contributed by atoms with E-state index in [4.69, 9.17) is 52.2 Å². The molecule has 16 saturated carbocycles. The third-order valence-electron chi connectivity index (χ3n) is 46.7. The third-order valence-corrected chi connectivity index (χ3v) is 47.5. The second-order valence-electron chi connectivity index (χ2n) is 53.9. The zero-order valence-corrected chi connectivity index (χ0v) is 93.5. The Bertz CT molecular complexity index is 3890. The minimum Gasteiger partial charge on any atom is -0.520 e. The van der Waals surface area contributed by atoms with Crippen LogP contribution in [0.2, 0.25) is 19.6 Å². The Balaban J connectivity index is 0.000000155. The molecule has 0 heterocycles. The van der Waals surface area contributed by atoms with Gasteiger partial charge >= 0.3 is 17.9 Å². The molecule has 0 radical (unpaired) electrons. The van der Waals surface area contributed by atoms with Crippen molar-refractivity contribution >= 4 is 26.2 Å². The fraction of sp³-hybridized carbons (Fsp3) is 0.958. The fourth-order valence-electron chi connectivity index (χ4n) is 40.3. The van der Waals surface area contributed by atoms with Crippen LogP contribution in [0.3, 0.4) is 0 Å². The highest BCUT2D eigenvalue weighted by molar-refractivity contribution is 6.70.